The molecule has 0 fully saturated rings. The van der Waals surface area contributed by atoms with Crippen molar-refractivity contribution in [3.05, 3.63) is 0 Å². The number of carbonyl (C=O) groups is 4. The van der Waals surface area contributed by atoms with Gasteiger partial charge in [-0.3, -0.25) is 19.2 Å². The van der Waals surface area contributed by atoms with Gasteiger partial charge in [0, 0.05) is 77.8 Å². The first-order chi connectivity index (χ1) is 19.6. The van der Waals surface area contributed by atoms with Gasteiger partial charge in [-0.15, -0.1) is 0 Å². The Morgan fingerprint density at radius 2 is 0.902 bits per heavy atom. The van der Waals surface area contributed by atoms with Crippen LogP contribution in [0.25, 0.3) is 0 Å². The lowest BCUT2D eigenvalue weighted by molar-refractivity contribution is -0.122. The lowest BCUT2D eigenvalue weighted by atomic mass is 10.1. The van der Waals surface area contributed by atoms with Crippen LogP contribution in [0.15, 0.2) is 0 Å². The molecule has 0 unspecified atom stereocenters. The summed E-state index contributed by atoms with van der Waals surface area (Å²) in [6, 6.07) is 0. The van der Waals surface area contributed by atoms with Crippen molar-refractivity contribution in [3.63, 3.8) is 0 Å². The van der Waals surface area contributed by atoms with Gasteiger partial charge in [-0.1, -0.05) is 27.7 Å². The van der Waals surface area contributed by atoms with Crippen molar-refractivity contribution in [2.75, 3.05) is 65.4 Å². The van der Waals surface area contributed by atoms with E-state index in [0.29, 0.717) is 116 Å². The second kappa shape index (κ2) is 25.8. The van der Waals surface area contributed by atoms with Crippen LogP contribution in [0, 0.1) is 11.8 Å². The first-order valence-corrected chi connectivity index (χ1v) is 16.0. The Labute approximate surface area is 250 Å². The maximum atomic E-state index is 12.4. The largest absolute Gasteiger partial charge is 0.356 e. The van der Waals surface area contributed by atoms with E-state index in [9.17, 15) is 19.2 Å². The normalized spacial score (nSPS) is 11.6. The zero-order chi connectivity index (χ0) is 30.9. The van der Waals surface area contributed by atoms with E-state index in [2.05, 4.69) is 48.1 Å². The third-order valence-corrected chi connectivity index (χ3v) is 7.08. The van der Waals surface area contributed by atoms with Gasteiger partial charge in [0.25, 0.3) is 0 Å². The summed E-state index contributed by atoms with van der Waals surface area (Å²) in [5.41, 5.74) is 11.1. The molecule has 0 aromatic carbocycles. The van der Waals surface area contributed by atoms with Crippen LogP contribution in [-0.2, 0) is 19.2 Å². The topological polar surface area (TPSA) is 151 Å². The molecule has 0 aliphatic carbocycles. The van der Waals surface area contributed by atoms with Crippen LogP contribution in [0.3, 0.4) is 0 Å². The second-order valence-electron chi connectivity index (χ2n) is 12.0. The van der Waals surface area contributed by atoms with Crippen molar-refractivity contribution in [1.82, 2.24) is 20.4 Å². The van der Waals surface area contributed by atoms with E-state index in [1.807, 2.05) is 0 Å². The van der Waals surface area contributed by atoms with Crippen molar-refractivity contribution in [1.29, 1.82) is 0 Å². The number of rotatable bonds is 28. The summed E-state index contributed by atoms with van der Waals surface area (Å²) in [6.45, 7) is 14.8. The van der Waals surface area contributed by atoms with Gasteiger partial charge in [0.15, 0.2) is 0 Å². The molecule has 0 aliphatic heterocycles. The minimum atomic E-state index is 0.0335. The van der Waals surface area contributed by atoms with Crippen molar-refractivity contribution in [2.45, 2.75) is 98.3 Å². The number of hydrogen-bond acceptors (Lipinski definition) is 8. The predicted octanol–water partition coefficient (Wildman–Crippen LogP) is 2.48. The van der Waals surface area contributed by atoms with Crippen LogP contribution in [0.2, 0.25) is 0 Å². The smallest absolute Gasteiger partial charge is 0.221 e. The van der Waals surface area contributed by atoms with E-state index >= 15 is 0 Å². The Morgan fingerprint density at radius 3 is 1.24 bits per heavy atom. The Bertz CT molecular complexity index is 659. The number of ketones is 2. The fourth-order valence-corrected chi connectivity index (χ4v) is 4.30. The summed E-state index contributed by atoms with van der Waals surface area (Å²) >= 11 is 0. The van der Waals surface area contributed by atoms with E-state index in [0.717, 1.165) is 32.4 Å². The second-order valence-corrected chi connectivity index (χ2v) is 12.0. The Morgan fingerprint density at radius 1 is 0.537 bits per heavy atom. The predicted molar refractivity (Wildman–Crippen MR) is 167 cm³/mol. The number of Topliss-reactive ketones (excluding diaryl/α,β-unsaturated/α-hetero) is 2. The molecule has 0 aliphatic rings. The van der Waals surface area contributed by atoms with E-state index in [4.69, 9.17) is 11.5 Å². The van der Waals surface area contributed by atoms with Gasteiger partial charge in [0.05, 0.1) is 0 Å². The molecule has 0 spiro atoms. The molecule has 0 rings (SSSR count). The van der Waals surface area contributed by atoms with Crippen molar-refractivity contribution in [2.24, 2.45) is 23.3 Å². The maximum Gasteiger partial charge on any atom is 0.221 e. The molecule has 41 heavy (non-hydrogen) atoms. The Kier molecular flexibility index (Phi) is 24.6. The van der Waals surface area contributed by atoms with Gasteiger partial charge < -0.3 is 31.9 Å². The third kappa shape index (κ3) is 25.5. The summed E-state index contributed by atoms with van der Waals surface area (Å²) in [6.07, 6.45) is 6.78. The van der Waals surface area contributed by atoms with E-state index in [-0.39, 0.29) is 23.4 Å². The lowest BCUT2D eigenvalue weighted by Crippen LogP contribution is -2.37. The lowest BCUT2D eigenvalue weighted by Gasteiger charge is -2.26. The average Bonchev–Trinajstić information content (AvgIpc) is 2.92. The van der Waals surface area contributed by atoms with Gasteiger partial charge in [0.2, 0.25) is 11.8 Å². The van der Waals surface area contributed by atoms with Crippen LogP contribution >= 0.6 is 0 Å². The van der Waals surface area contributed by atoms with Crippen molar-refractivity contribution < 1.29 is 19.2 Å². The highest BCUT2D eigenvalue weighted by atomic mass is 16.2. The number of amides is 2. The summed E-state index contributed by atoms with van der Waals surface area (Å²) < 4.78 is 0. The Balaban J connectivity index is 4.97. The van der Waals surface area contributed by atoms with Crippen LogP contribution < -0.4 is 22.1 Å². The Hall–Kier alpha value is -1.88. The summed E-state index contributed by atoms with van der Waals surface area (Å²) in [5.74, 6) is 1.54. The molecule has 0 atom stereocenters. The van der Waals surface area contributed by atoms with Crippen LogP contribution in [-0.4, -0.2) is 98.6 Å². The highest BCUT2D eigenvalue weighted by Crippen LogP contribution is 2.05. The van der Waals surface area contributed by atoms with Crippen LogP contribution in [0.1, 0.15) is 98.3 Å². The summed E-state index contributed by atoms with van der Waals surface area (Å²) in [7, 11) is 0. The van der Waals surface area contributed by atoms with E-state index < -0.39 is 0 Å². The minimum Gasteiger partial charge on any atom is -0.356 e. The van der Waals surface area contributed by atoms with E-state index in [1.54, 1.807) is 0 Å². The quantitative estimate of drug-likeness (QED) is 0.110. The van der Waals surface area contributed by atoms with Crippen molar-refractivity contribution in [3.8, 4) is 0 Å². The maximum absolute atomic E-state index is 12.4. The molecule has 0 heterocycles. The molecule has 10 nitrogen and oxygen atoms in total. The first-order valence-electron chi connectivity index (χ1n) is 16.0. The summed E-state index contributed by atoms with van der Waals surface area (Å²) in [5, 5.41) is 5.99. The highest BCUT2D eigenvalue weighted by Gasteiger charge is 2.14. The zero-order valence-corrected chi connectivity index (χ0v) is 26.7. The molecule has 0 aromatic heterocycles. The first kappa shape index (κ1) is 39.1. The van der Waals surface area contributed by atoms with Crippen molar-refractivity contribution >= 4 is 23.4 Å². The van der Waals surface area contributed by atoms with Gasteiger partial charge in [-0.05, 0) is 70.1 Å². The van der Waals surface area contributed by atoms with Gasteiger partial charge in [-0.2, -0.15) is 0 Å². The molecular formula is C31H62N6O4. The van der Waals surface area contributed by atoms with Gasteiger partial charge in [-0.25, -0.2) is 0 Å². The number of nitrogens with one attached hydrogen (secondary N) is 2. The van der Waals surface area contributed by atoms with Crippen LogP contribution in [0.5, 0.6) is 0 Å². The molecule has 0 bridgehead atoms. The fourth-order valence-electron chi connectivity index (χ4n) is 4.30. The average molecular weight is 583 g/mol. The number of nitrogens with two attached hydrogens (primary N) is 2. The minimum absolute atomic E-state index is 0.0335. The summed E-state index contributed by atoms with van der Waals surface area (Å²) in [4.78, 5) is 53.7. The van der Waals surface area contributed by atoms with Gasteiger partial charge in [0.1, 0.15) is 11.6 Å². The standard InChI is InChI=1S/C31H62N6O4/c1-26(2)10-18-34-30(40)14-24-36(22-12-28(38)8-5-16-32)20-7-21-37(23-13-29(39)9-6-17-33)25-15-31(41)35-19-11-27(3)4/h26-27H,5-25,32-33H2,1-4H3,(H,34,40)(H,35,41). The molecule has 6 N–H and O–H groups in total. The molecule has 0 aromatic rings. The fraction of sp³-hybridized carbons (Fsp3) is 0.871. The zero-order valence-electron chi connectivity index (χ0n) is 26.7. The molecule has 0 saturated carbocycles. The molecule has 240 valence electrons. The number of nitrogens with zero attached hydrogens (tertiary/aromatic N) is 2. The monoisotopic (exact) mass is 582 g/mol. The van der Waals surface area contributed by atoms with Crippen LogP contribution in [0.4, 0.5) is 0 Å². The highest BCUT2D eigenvalue weighted by molar-refractivity contribution is 5.79. The molecule has 10 heteroatoms. The molecule has 0 radical (unpaired) electrons. The number of carbonyl (C=O) groups excluding carboxylic acids is 4. The SMILES string of the molecule is CC(C)CCNC(=O)CCN(CCCN(CCC(=O)CCCN)CCC(=O)NCCC(C)C)CCC(=O)CCCN. The van der Waals surface area contributed by atoms with E-state index in [1.165, 1.54) is 0 Å². The van der Waals surface area contributed by atoms with Gasteiger partial charge >= 0.3 is 0 Å². The molecular weight excluding hydrogens is 520 g/mol. The molecule has 2 amide bonds. The third-order valence-electron chi connectivity index (χ3n) is 7.08. The molecule has 0 saturated heterocycles. The number of hydrogen-bond donors (Lipinski definition) is 4.